The zero-order valence-electron chi connectivity index (χ0n) is 17.5. The van der Waals surface area contributed by atoms with E-state index in [1.165, 1.54) is 12.1 Å². The molecule has 1 saturated heterocycles. The lowest BCUT2D eigenvalue weighted by atomic mass is 9.78. The molecule has 2 aromatic rings. The molecule has 1 fully saturated rings. The van der Waals surface area contributed by atoms with E-state index in [1.54, 1.807) is 23.9 Å². The van der Waals surface area contributed by atoms with Gasteiger partial charge in [0.15, 0.2) is 0 Å². The highest BCUT2D eigenvalue weighted by atomic mass is 32.2. The number of thioether (sulfide) groups is 1. The zero-order chi connectivity index (χ0) is 21.5. The molecule has 1 amide bonds. The van der Waals surface area contributed by atoms with Crippen molar-refractivity contribution in [3.63, 3.8) is 0 Å². The number of ether oxygens (including phenoxy) is 1. The lowest BCUT2D eigenvalue weighted by Gasteiger charge is -2.43. The molecule has 1 heterocycles. The molecule has 0 radical (unpaired) electrons. The van der Waals surface area contributed by atoms with Crippen molar-refractivity contribution in [3.05, 3.63) is 65.0 Å². The van der Waals surface area contributed by atoms with Crippen LogP contribution in [0.15, 0.2) is 47.4 Å². The van der Waals surface area contributed by atoms with Gasteiger partial charge in [0, 0.05) is 17.0 Å². The molecule has 6 heteroatoms. The van der Waals surface area contributed by atoms with Gasteiger partial charge >= 0.3 is 6.09 Å². The predicted octanol–water partition coefficient (Wildman–Crippen LogP) is 5.58. The van der Waals surface area contributed by atoms with E-state index in [4.69, 9.17) is 4.74 Å². The Morgan fingerprint density at radius 1 is 1.23 bits per heavy atom. The number of likely N-dealkylation sites (tertiary alicyclic amines) is 1. The average molecular weight is 428 g/mol. The maximum absolute atomic E-state index is 13.5. The van der Waals surface area contributed by atoms with Gasteiger partial charge in [0.25, 0.3) is 0 Å². The number of hydrogen-bond donors (Lipinski definition) is 0. The smallest absolute Gasteiger partial charge is 0.410 e. The van der Waals surface area contributed by atoms with Crippen molar-refractivity contribution >= 4 is 24.1 Å². The Labute approximate surface area is 180 Å². The number of carbonyl (C=O) groups excluding carboxylic acids is 2. The minimum Gasteiger partial charge on any atom is -0.444 e. The summed E-state index contributed by atoms with van der Waals surface area (Å²) in [6.45, 7) is 6.22. The van der Waals surface area contributed by atoms with E-state index >= 15 is 0 Å². The van der Waals surface area contributed by atoms with Crippen molar-refractivity contribution in [2.24, 2.45) is 0 Å². The van der Waals surface area contributed by atoms with Gasteiger partial charge in [-0.05, 0) is 81.5 Å². The number of aldehydes is 1. The molecular weight excluding hydrogens is 401 g/mol. The third kappa shape index (κ3) is 3.85. The summed E-state index contributed by atoms with van der Waals surface area (Å²) in [6.07, 6.45) is 2.94. The molecule has 4 rings (SSSR count). The fraction of sp³-hybridized carbons (Fsp3) is 0.417. The van der Waals surface area contributed by atoms with Gasteiger partial charge in [-0.15, -0.1) is 11.8 Å². The molecule has 2 atom stereocenters. The van der Waals surface area contributed by atoms with Crippen LogP contribution in [0.5, 0.6) is 0 Å². The average Bonchev–Trinajstić information content (AvgIpc) is 3.07. The maximum atomic E-state index is 13.5. The summed E-state index contributed by atoms with van der Waals surface area (Å²) < 4.78 is 18.8. The van der Waals surface area contributed by atoms with E-state index in [1.807, 2.05) is 43.9 Å². The Kier molecular flexibility index (Phi) is 5.39. The minimum absolute atomic E-state index is 0.0306. The van der Waals surface area contributed by atoms with Gasteiger partial charge in [-0.2, -0.15) is 0 Å². The van der Waals surface area contributed by atoms with Gasteiger partial charge in [0.05, 0.1) is 10.8 Å². The predicted molar refractivity (Wildman–Crippen MR) is 115 cm³/mol. The highest BCUT2D eigenvalue weighted by Gasteiger charge is 2.54. The summed E-state index contributed by atoms with van der Waals surface area (Å²) >= 11 is 1.68. The standard InChI is InChI=1S/C24H26FNO3S/c1-23(2,3)29-22(28)26-13-12-24(30-19-8-6-18(25)7-9-19)20-10-4-16(15-27)14-17(20)5-11-21(24)26/h4,6-10,14-15,21H,5,11-13H2,1-3H3. The first-order valence-corrected chi connectivity index (χ1v) is 11.1. The van der Waals surface area contributed by atoms with Crippen molar-refractivity contribution in [2.45, 2.75) is 61.3 Å². The molecule has 158 valence electrons. The number of amides is 1. The van der Waals surface area contributed by atoms with Crippen LogP contribution in [0.3, 0.4) is 0 Å². The minimum atomic E-state index is -0.558. The third-order valence-corrected chi connectivity index (χ3v) is 7.36. The Morgan fingerprint density at radius 2 is 1.97 bits per heavy atom. The SMILES string of the molecule is CC(C)(C)OC(=O)N1CCC2(Sc3ccc(F)cc3)c3ccc(C=O)cc3CCC12. The van der Waals surface area contributed by atoms with E-state index in [0.29, 0.717) is 12.1 Å². The molecule has 0 bridgehead atoms. The first kappa shape index (κ1) is 20.9. The van der Waals surface area contributed by atoms with Crippen molar-refractivity contribution < 1.29 is 18.7 Å². The van der Waals surface area contributed by atoms with Gasteiger partial charge in [-0.25, -0.2) is 9.18 Å². The van der Waals surface area contributed by atoms with Crippen molar-refractivity contribution in [1.82, 2.24) is 4.90 Å². The third-order valence-electron chi connectivity index (χ3n) is 5.79. The molecule has 2 unspecified atom stereocenters. The van der Waals surface area contributed by atoms with Crippen molar-refractivity contribution in [1.29, 1.82) is 0 Å². The number of fused-ring (bicyclic) bond motifs is 3. The molecule has 1 aliphatic heterocycles. The van der Waals surface area contributed by atoms with Gasteiger partial charge in [-0.1, -0.05) is 12.1 Å². The van der Waals surface area contributed by atoms with E-state index in [-0.39, 0.29) is 22.7 Å². The van der Waals surface area contributed by atoms with Gasteiger partial charge in [0.2, 0.25) is 0 Å². The largest absolute Gasteiger partial charge is 0.444 e. The van der Waals surface area contributed by atoms with Crippen molar-refractivity contribution in [2.75, 3.05) is 6.54 Å². The van der Waals surface area contributed by atoms with Crippen LogP contribution in [-0.2, 0) is 15.9 Å². The topological polar surface area (TPSA) is 46.6 Å². The van der Waals surface area contributed by atoms with E-state index < -0.39 is 5.60 Å². The summed E-state index contributed by atoms with van der Waals surface area (Å²) in [4.78, 5) is 27.1. The lowest BCUT2D eigenvalue weighted by Crippen LogP contribution is -2.47. The molecule has 4 nitrogen and oxygen atoms in total. The number of halogens is 1. The highest BCUT2D eigenvalue weighted by Crippen LogP contribution is 2.56. The zero-order valence-corrected chi connectivity index (χ0v) is 18.3. The highest BCUT2D eigenvalue weighted by molar-refractivity contribution is 8.00. The maximum Gasteiger partial charge on any atom is 0.410 e. The Bertz CT molecular complexity index is 969. The van der Waals surface area contributed by atoms with E-state index in [9.17, 15) is 14.0 Å². The summed E-state index contributed by atoms with van der Waals surface area (Å²) in [5.41, 5.74) is 2.41. The molecule has 0 N–H and O–H groups in total. The van der Waals surface area contributed by atoms with Crippen LogP contribution in [0.25, 0.3) is 0 Å². The van der Waals surface area contributed by atoms with Crippen LogP contribution in [0.4, 0.5) is 9.18 Å². The first-order valence-electron chi connectivity index (χ1n) is 10.2. The number of benzene rings is 2. The van der Waals surface area contributed by atoms with Crippen molar-refractivity contribution in [3.8, 4) is 0 Å². The first-order chi connectivity index (χ1) is 14.2. The summed E-state index contributed by atoms with van der Waals surface area (Å²) in [7, 11) is 0. The van der Waals surface area contributed by atoms with Crippen LogP contribution in [0.1, 0.15) is 55.1 Å². The lowest BCUT2D eigenvalue weighted by molar-refractivity contribution is 0.0203. The Morgan fingerprint density at radius 3 is 2.63 bits per heavy atom. The van der Waals surface area contributed by atoms with Crippen LogP contribution in [0, 0.1) is 5.82 Å². The molecule has 0 saturated carbocycles. The number of nitrogens with zero attached hydrogens (tertiary/aromatic N) is 1. The Balaban J connectivity index is 1.75. The Hall–Kier alpha value is -2.34. The molecular formula is C24H26FNO3S. The molecule has 30 heavy (non-hydrogen) atoms. The van der Waals surface area contributed by atoms with Crippen LogP contribution >= 0.6 is 11.8 Å². The van der Waals surface area contributed by atoms with E-state index in [0.717, 1.165) is 41.6 Å². The molecule has 2 aromatic carbocycles. The van der Waals surface area contributed by atoms with Gasteiger partial charge in [0.1, 0.15) is 17.7 Å². The van der Waals surface area contributed by atoms with Crippen LogP contribution < -0.4 is 0 Å². The fourth-order valence-corrected chi connectivity index (χ4v) is 6.17. The normalized spacial score (nSPS) is 22.9. The van der Waals surface area contributed by atoms with Crippen LogP contribution in [-0.4, -0.2) is 35.5 Å². The number of hydrogen-bond acceptors (Lipinski definition) is 4. The number of rotatable bonds is 3. The second-order valence-electron chi connectivity index (χ2n) is 8.96. The van der Waals surface area contributed by atoms with Crippen LogP contribution in [0.2, 0.25) is 0 Å². The number of carbonyl (C=O) groups is 2. The summed E-state index contributed by atoms with van der Waals surface area (Å²) in [6, 6.07) is 12.3. The fourth-order valence-electron chi connectivity index (χ4n) is 4.59. The molecule has 0 spiro atoms. The van der Waals surface area contributed by atoms with Gasteiger partial charge in [-0.3, -0.25) is 4.79 Å². The quantitative estimate of drug-likeness (QED) is 0.600. The van der Waals surface area contributed by atoms with E-state index in [2.05, 4.69) is 0 Å². The molecule has 0 aromatic heterocycles. The second-order valence-corrected chi connectivity index (χ2v) is 10.4. The monoisotopic (exact) mass is 427 g/mol. The summed E-state index contributed by atoms with van der Waals surface area (Å²) in [5.74, 6) is -0.269. The second kappa shape index (κ2) is 7.73. The summed E-state index contributed by atoms with van der Waals surface area (Å²) in [5, 5.41) is 0. The number of aryl methyl sites for hydroxylation is 1. The molecule has 1 aliphatic carbocycles. The molecule has 2 aliphatic rings. The van der Waals surface area contributed by atoms with Gasteiger partial charge < -0.3 is 9.64 Å².